The van der Waals surface area contributed by atoms with Gasteiger partial charge in [0.25, 0.3) is 5.91 Å². The molecule has 8 nitrogen and oxygen atoms in total. The van der Waals surface area contributed by atoms with Crippen LogP contribution in [0.5, 0.6) is 0 Å². The van der Waals surface area contributed by atoms with Gasteiger partial charge in [-0.05, 0) is 24.3 Å². The SMILES string of the molecule is O=C(Nc1c(C(=O)N2CCOCC2)oc2ccccc12)C1CC(=O)N(c2ccccc2Cl)C1. The van der Waals surface area contributed by atoms with Crippen molar-refractivity contribution in [2.75, 3.05) is 43.1 Å². The third-order valence-electron chi connectivity index (χ3n) is 5.98. The number of halogens is 1. The summed E-state index contributed by atoms with van der Waals surface area (Å²) < 4.78 is 11.2. The number of rotatable bonds is 4. The monoisotopic (exact) mass is 467 g/mol. The van der Waals surface area contributed by atoms with Crippen molar-refractivity contribution in [1.82, 2.24) is 4.90 Å². The number of hydrogen-bond acceptors (Lipinski definition) is 5. The zero-order valence-electron chi connectivity index (χ0n) is 17.8. The molecule has 0 bridgehead atoms. The molecule has 9 heteroatoms. The van der Waals surface area contributed by atoms with Crippen molar-refractivity contribution in [2.45, 2.75) is 6.42 Å². The Balaban J connectivity index is 1.41. The van der Waals surface area contributed by atoms with Gasteiger partial charge >= 0.3 is 0 Å². The second-order valence-corrected chi connectivity index (χ2v) is 8.46. The third kappa shape index (κ3) is 4.07. The highest BCUT2D eigenvalue weighted by molar-refractivity contribution is 6.34. The lowest BCUT2D eigenvalue weighted by Crippen LogP contribution is -2.40. The summed E-state index contributed by atoms with van der Waals surface area (Å²) in [5.74, 6) is -1.33. The maximum Gasteiger partial charge on any atom is 0.291 e. The number of nitrogens with one attached hydrogen (secondary N) is 1. The molecular formula is C24H22ClN3O5. The summed E-state index contributed by atoms with van der Waals surface area (Å²) in [6.45, 7) is 2.02. The predicted octanol–water partition coefficient (Wildman–Crippen LogP) is 3.55. The number of carbonyl (C=O) groups excluding carboxylic acids is 3. The molecule has 1 aromatic heterocycles. The highest BCUT2D eigenvalue weighted by Crippen LogP contribution is 2.35. The van der Waals surface area contributed by atoms with E-state index in [1.165, 1.54) is 4.90 Å². The number of para-hydroxylation sites is 2. The van der Waals surface area contributed by atoms with Gasteiger partial charge in [0.05, 0.1) is 29.8 Å². The van der Waals surface area contributed by atoms with E-state index in [1.807, 2.05) is 6.07 Å². The normalized spacial score (nSPS) is 18.7. The summed E-state index contributed by atoms with van der Waals surface area (Å²) in [6.07, 6.45) is 0.0551. The molecule has 1 unspecified atom stereocenters. The van der Waals surface area contributed by atoms with Crippen LogP contribution in [0.1, 0.15) is 17.0 Å². The number of furan rings is 1. The third-order valence-corrected chi connectivity index (χ3v) is 6.29. The van der Waals surface area contributed by atoms with Gasteiger partial charge in [-0.2, -0.15) is 0 Å². The summed E-state index contributed by atoms with van der Waals surface area (Å²) in [5, 5.41) is 3.96. The molecule has 33 heavy (non-hydrogen) atoms. The van der Waals surface area contributed by atoms with Crippen molar-refractivity contribution in [1.29, 1.82) is 0 Å². The minimum Gasteiger partial charge on any atom is -0.449 e. The smallest absolute Gasteiger partial charge is 0.291 e. The molecule has 2 aromatic carbocycles. The number of morpholine rings is 1. The molecule has 2 saturated heterocycles. The Bertz CT molecular complexity index is 1230. The van der Waals surface area contributed by atoms with Crippen molar-refractivity contribution in [3.8, 4) is 0 Å². The quantitative estimate of drug-likeness (QED) is 0.633. The number of amides is 3. The fourth-order valence-electron chi connectivity index (χ4n) is 4.24. The molecule has 0 spiro atoms. The second-order valence-electron chi connectivity index (χ2n) is 8.05. The zero-order chi connectivity index (χ0) is 22.9. The number of carbonyl (C=O) groups is 3. The number of hydrogen-bond donors (Lipinski definition) is 1. The molecule has 2 aliphatic heterocycles. The Hall–Kier alpha value is -3.36. The number of benzene rings is 2. The molecule has 1 N–H and O–H groups in total. The lowest BCUT2D eigenvalue weighted by atomic mass is 10.1. The van der Waals surface area contributed by atoms with Crippen LogP contribution >= 0.6 is 11.6 Å². The van der Waals surface area contributed by atoms with E-state index in [2.05, 4.69) is 5.32 Å². The Morgan fingerprint density at radius 1 is 1.03 bits per heavy atom. The number of ether oxygens (including phenoxy) is 1. The Kier molecular flexibility index (Phi) is 5.78. The van der Waals surface area contributed by atoms with E-state index in [0.717, 1.165) is 0 Å². The molecule has 1 atom stereocenters. The second kappa shape index (κ2) is 8.88. The van der Waals surface area contributed by atoms with Crippen LogP contribution in [0.4, 0.5) is 11.4 Å². The van der Waals surface area contributed by atoms with Crippen LogP contribution in [-0.4, -0.2) is 55.5 Å². The van der Waals surface area contributed by atoms with Gasteiger partial charge in [-0.25, -0.2) is 0 Å². The van der Waals surface area contributed by atoms with Gasteiger partial charge in [-0.15, -0.1) is 0 Å². The minimum atomic E-state index is -0.589. The fraction of sp³-hybridized carbons (Fsp3) is 0.292. The van der Waals surface area contributed by atoms with Gasteiger partial charge < -0.3 is 24.3 Å². The summed E-state index contributed by atoms with van der Waals surface area (Å²) >= 11 is 6.25. The maximum atomic E-state index is 13.2. The van der Waals surface area contributed by atoms with Gasteiger partial charge in [0.2, 0.25) is 17.6 Å². The minimum absolute atomic E-state index is 0.0551. The molecule has 2 fully saturated rings. The first-order chi connectivity index (χ1) is 16.0. The molecule has 5 rings (SSSR count). The first-order valence-electron chi connectivity index (χ1n) is 10.8. The van der Waals surface area contributed by atoms with E-state index in [9.17, 15) is 14.4 Å². The van der Waals surface area contributed by atoms with Crippen LogP contribution in [0, 0.1) is 5.92 Å². The number of fused-ring (bicyclic) bond motifs is 1. The summed E-state index contributed by atoms with van der Waals surface area (Å²) in [4.78, 5) is 42.2. The van der Waals surface area contributed by atoms with E-state index in [0.29, 0.717) is 53.7 Å². The molecule has 0 aliphatic carbocycles. The summed E-state index contributed by atoms with van der Waals surface area (Å²) in [7, 11) is 0. The van der Waals surface area contributed by atoms with E-state index in [1.54, 1.807) is 47.4 Å². The van der Waals surface area contributed by atoms with Crippen LogP contribution in [0.15, 0.2) is 52.9 Å². The Morgan fingerprint density at radius 2 is 1.76 bits per heavy atom. The van der Waals surface area contributed by atoms with Crippen LogP contribution in [0.25, 0.3) is 11.0 Å². The van der Waals surface area contributed by atoms with Crippen molar-refractivity contribution in [2.24, 2.45) is 5.92 Å². The van der Waals surface area contributed by atoms with E-state index in [-0.39, 0.29) is 36.4 Å². The average molecular weight is 468 g/mol. The zero-order valence-corrected chi connectivity index (χ0v) is 18.5. The van der Waals surface area contributed by atoms with Crippen LogP contribution in [-0.2, 0) is 14.3 Å². The summed E-state index contributed by atoms with van der Waals surface area (Å²) in [5.41, 5.74) is 1.41. The van der Waals surface area contributed by atoms with Gasteiger partial charge in [0.15, 0.2) is 0 Å². The van der Waals surface area contributed by atoms with Crippen LogP contribution < -0.4 is 10.2 Å². The molecule has 2 aliphatic rings. The Morgan fingerprint density at radius 3 is 2.55 bits per heavy atom. The van der Waals surface area contributed by atoms with Gasteiger partial charge in [-0.3, -0.25) is 14.4 Å². The van der Waals surface area contributed by atoms with Crippen molar-refractivity contribution in [3.63, 3.8) is 0 Å². The van der Waals surface area contributed by atoms with Crippen molar-refractivity contribution >= 4 is 51.7 Å². The van der Waals surface area contributed by atoms with Crippen molar-refractivity contribution in [3.05, 3.63) is 59.3 Å². The highest BCUT2D eigenvalue weighted by Gasteiger charge is 2.37. The maximum absolute atomic E-state index is 13.2. The molecule has 3 amide bonds. The van der Waals surface area contributed by atoms with Crippen LogP contribution in [0.3, 0.4) is 0 Å². The number of anilines is 2. The standard InChI is InChI=1S/C24H22ClN3O5/c25-17-6-2-3-7-18(17)28-14-15(13-20(28)29)23(30)26-21-16-5-1-4-8-19(16)33-22(21)24(31)27-9-11-32-12-10-27/h1-8,15H,9-14H2,(H,26,30). The van der Waals surface area contributed by atoms with Gasteiger partial charge in [-0.1, -0.05) is 35.9 Å². The number of nitrogens with zero attached hydrogens (tertiary/aromatic N) is 2. The van der Waals surface area contributed by atoms with Gasteiger partial charge in [0, 0.05) is 31.4 Å². The lowest BCUT2D eigenvalue weighted by Gasteiger charge is -2.26. The topological polar surface area (TPSA) is 92.1 Å². The molecular weight excluding hydrogens is 446 g/mol. The van der Waals surface area contributed by atoms with E-state index >= 15 is 0 Å². The summed E-state index contributed by atoms with van der Waals surface area (Å²) in [6, 6.07) is 14.2. The molecule has 3 heterocycles. The van der Waals surface area contributed by atoms with E-state index in [4.69, 9.17) is 20.8 Å². The van der Waals surface area contributed by atoms with Crippen molar-refractivity contribution < 1.29 is 23.5 Å². The Labute approximate surface area is 195 Å². The lowest BCUT2D eigenvalue weighted by molar-refractivity contribution is -0.122. The molecule has 170 valence electrons. The first-order valence-corrected chi connectivity index (χ1v) is 11.1. The molecule has 0 radical (unpaired) electrons. The molecule has 3 aromatic rings. The molecule has 0 saturated carbocycles. The largest absolute Gasteiger partial charge is 0.449 e. The highest BCUT2D eigenvalue weighted by atomic mass is 35.5. The first kappa shape index (κ1) is 21.5. The average Bonchev–Trinajstić information content (AvgIpc) is 3.40. The fourth-order valence-corrected chi connectivity index (χ4v) is 4.48. The van der Waals surface area contributed by atoms with E-state index < -0.39 is 5.92 Å². The predicted molar refractivity (Wildman–Crippen MR) is 123 cm³/mol. The van der Waals surface area contributed by atoms with Crippen LogP contribution in [0.2, 0.25) is 5.02 Å². The van der Waals surface area contributed by atoms with Gasteiger partial charge in [0.1, 0.15) is 11.3 Å².